The Hall–Kier alpha value is -3.96. The highest BCUT2D eigenvalue weighted by Crippen LogP contribution is 2.25. The summed E-state index contributed by atoms with van der Waals surface area (Å²) in [6.45, 7) is 3.41. The van der Waals surface area contributed by atoms with E-state index in [2.05, 4.69) is 30.9 Å². The van der Waals surface area contributed by atoms with Crippen molar-refractivity contribution in [3.63, 3.8) is 0 Å². The van der Waals surface area contributed by atoms with Crippen LogP contribution in [0, 0.1) is 11.7 Å². The van der Waals surface area contributed by atoms with Crippen LogP contribution in [0.1, 0.15) is 31.7 Å². The average Bonchev–Trinajstić information content (AvgIpc) is 2.89. The van der Waals surface area contributed by atoms with E-state index in [1.54, 1.807) is 24.4 Å². The number of nitrogens with one attached hydrogen (secondary N) is 3. The molecule has 1 heterocycles. The van der Waals surface area contributed by atoms with Gasteiger partial charge in [-0.25, -0.2) is 9.18 Å². The van der Waals surface area contributed by atoms with Gasteiger partial charge in [-0.1, -0.05) is 12.1 Å². The Kier molecular flexibility index (Phi) is 11.1. The number of carbonyl (C=O) groups excluding carboxylic acids is 1. The molecule has 0 radical (unpaired) electrons. The predicted molar refractivity (Wildman–Crippen MR) is 151 cm³/mol. The molecule has 8 N–H and O–H groups in total. The number of hydrogen-bond acceptors (Lipinski definition) is 8. The minimum absolute atomic E-state index is 0.237. The lowest BCUT2D eigenvalue weighted by Crippen LogP contribution is -2.47. The Balaban J connectivity index is 1.53. The molecule has 0 unspecified atom stereocenters. The second-order valence-electron chi connectivity index (χ2n) is 9.40. The fraction of sp³-hybridized carbons (Fsp3) is 0.370. The normalized spacial score (nSPS) is 18.1. The van der Waals surface area contributed by atoms with E-state index in [1.807, 2.05) is 19.1 Å². The molecule has 1 fully saturated rings. The molecule has 1 aliphatic heterocycles. The van der Waals surface area contributed by atoms with Crippen molar-refractivity contribution in [1.82, 2.24) is 10.2 Å². The first-order valence-corrected chi connectivity index (χ1v) is 12.6. The molecule has 0 bridgehead atoms. The summed E-state index contributed by atoms with van der Waals surface area (Å²) in [4.78, 5) is 19.0. The molecular formula is C27H37FN8O2. The largest absolute Gasteiger partial charge is 0.403 e. The number of urea groups is 1. The van der Waals surface area contributed by atoms with Crippen LogP contribution in [0.4, 0.5) is 26.2 Å². The summed E-state index contributed by atoms with van der Waals surface area (Å²) in [5.41, 5.74) is 8.26. The number of anilines is 2. The van der Waals surface area contributed by atoms with E-state index in [9.17, 15) is 14.3 Å². The molecule has 38 heavy (non-hydrogen) atoms. The standard InChI is InChI=1S/C27H37FN8O2/c1-19(13-26(37)36-12-2-3-21(18-36)14-20-4-6-22(28)7-5-20)34-27(38)35-25-16-23(31-9-8-29)15-24(17-25)32-10-11-33-30/h4-11,15-17,19,21,26,31,37H,2-3,12-14,18,29-30H2,1H3,(H2,34,35,38)/b9-8-,32-10?,33-11-/t19-,21+,26-/m1/s1. The summed E-state index contributed by atoms with van der Waals surface area (Å²) < 4.78 is 13.2. The van der Waals surface area contributed by atoms with Gasteiger partial charge in [0, 0.05) is 55.5 Å². The first kappa shape index (κ1) is 28.6. The fourth-order valence-electron chi connectivity index (χ4n) is 4.55. The van der Waals surface area contributed by atoms with Crippen LogP contribution in [-0.2, 0) is 6.42 Å². The molecular weight excluding hydrogens is 487 g/mol. The molecule has 1 aliphatic rings. The quantitative estimate of drug-likeness (QED) is 0.150. The Morgan fingerprint density at radius 1 is 1.24 bits per heavy atom. The number of likely N-dealkylation sites (tertiary alicyclic amines) is 1. The van der Waals surface area contributed by atoms with Gasteiger partial charge in [-0.3, -0.25) is 9.89 Å². The van der Waals surface area contributed by atoms with Gasteiger partial charge >= 0.3 is 6.03 Å². The minimum Gasteiger partial charge on any atom is -0.403 e. The van der Waals surface area contributed by atoms with Crippen LogP contribution in [-0.4, -0.2) is 53.8 Å². The fourth-order valence-corrected chi connectivity index (χ4v) is 4.55. The Morgan fingerprint density at radius 3 is 2.74 bits per heavy atom. The zero-order valence-corrected chi connectivity index (χ0v) is 21.6. The van der Waals surface area contributed by atoms with E-state index < -0.39 is 12.3 Å². The van der Waals surface area contributed by atoms with Crippen molar-refractivity contribution in [2.24, 2.45) is 27.6 Å². The number of nitrogens with two attached hydrogens (primary N) is 2. The van der Waals surface area contributed by atoms with Gasteiger partial charge < -0.3 is 32.6 Å². The molecule has 0 spiro atoms. The van der Waals surface area contributed by atoms with Gasteiger partial charge in [0.2, 0.25) is 0 Å². The van der Waals surface area contributed by atoms with Crippen LogP contribution >= 0.6 is 0 Å². The molecule has 2 aromatic rings. The summed E-state index contributed by atoms with van der Waals surface area (Å²) in [6.07, 6.45) is 8.30. The van der Waals surface area contributed by atoms with Crippen molar-refractivity contribution >= 4 is 35.5 Å². The topological polar surface area (TPSA) is 153 Å². The summed E-state index contributed by atoms with van der Waals surface area (Å²) in [5.74, 6) is 5.25. The van der Waals surface area contributed by atoms with Gasteiger partial charge in [-0.2, -0.15) is 5.10 Å². The number of aliphatic imine (C=N–C) groups is 1. The summed E-state index contributed by atoms with van der Waals surface area (Å²) in [6, 6.07) is 11.1. The lowest BCUT2D eigenvalue weighted by Gasteiger charge is -2.37. The number of piperidine rings is 1. The Bertz CT molecular complexity index is 1120. The predicted octanol–water partition coefficient (Wildman–Crippen LogP) is 3.49. The van der Waals surface area contributed by atoms with Crippen molar-refractivity contribution < 1.29 is 14.3 Å². The molecule has 204 valence electrons. The number of hydrogen-bond donors (Lipinski definition) is 6. The number of aliphatic hydroxyl groups excluding tert-OH is 1. The van der Waals surface area contributed by atoms with Gasteiger partial charge in [-0.15, -0.1) is 0 Å². The summed E-state index contributed by atoms with van der Waals surface area (Å²) in [7, 11) is 0. The molecule has 3 atom stereocenters. The van der Waals surface area contributed by atoms with Crippen molar-refractivity contribution in [2.45, 2.75) is 44.9 Å². The zero-order chi connectivity index (χ0) is 27.3. The van der Waals surface area contributed by atoms with E-state index in [1.165, 1.54) is 30.8 Å². The second kappa shape index (κ2) is 14.7. The number of benzene rings is 2. The van der Waals surface area contributed by atoms with Crippen molar-refractivity contribution in [3.05, 3.63) is 66.2 Å². The molecule has 2 amide bonds. The highest BCUT2D eigenvalue weighted by atomic mass is 19.1. The van der Waals surface area contributed by atoms with Gasteiger partial charge in [0.25, 0.3) is 0 Å². The summed E-state index contributed by atoms with van der Waals surface area (Å²) >= 11 is 0. The highest BCUT2D eigenvalue weighted by Gasteiger charge is 2.26. The smallest absolute Gasteiger partial charge is 0.319 e. The minimum atomic E-state index is -0.679. The molecule has 1 saturated heterocycles. The number of halogens is 1. The molecule has 3 rings (SSSR count). The maximum absolute atomic E-state index is 13.2. The highest BCUT2D eigenvalue weighted by molar-refractivity contribution is 6.16. The molecule has 0 aromatic heterocycles. The lowest BCUT2D eigenvalue weighted by atomic mass is 9.91. The van der Waals surface area contributed by atoms with Crippen molar-refractivity contribution in [3.8, 4) is 0 Å². The van der Waals surface area contributed by atoms with Crippen LogP contribution in [0.5, 0.6) is 0 Å². The van der Waals surface area contributed by atoms with Crippen molar-refractivity contribution in [1.29, 1.82) is 0 Å². The lowest BCUT2D eigenvalue weighted by molar-refractivity contribution is -0.0306. The monoisotopic (exact) mass is 524 g/mol. The third-order valence-electron chi connectivity index (χ3n) is 6.25. The van der Waals surface area contributed by atoms with Gasteiger partial charge in [-0.05, 0) is 68.0 Å². The maximum atomic E-state index is 13.2. The van der Waals surface area contributed by atoms with Crippen LogP contribution in [0.3, 0.4) is 0 Å². The first-order chi connectivity index (χ1) is 18.4. The second-order valence-corrected chi connectivity index (χ2v) is 9.40. The van der Waals surface area contributed by atoms with E-state index in [-0.39, 0.29) is 11.9 Å². The van der Waals surface area contributed by atoms with Gasteiger partial charge in [0.05, 0.1) is 11.9 Å². The van der Waals surface area contributed by atoms with Crippen LogP contribution in [0.2, 0.25) is 0 Å². The maximum Gasteiger partial charge on any atom is 0.319 e. The van der Waals surface area contributed by atoms with Crippen molar-refractivity contribution in [2.75, 3.05) is 23.7 Å². The third kappa shape index (κ3) is 9.49. The SMILES string of the molecule is C[C@H](C[C@@H](O)N1CCC[C@@H](Cc2ccc(F)cc2)C1)NC(=O)Nc1cc(N=C/C=N\N)cc(N/C=C\N)c1. The zero-order valence-electron chi connectivity index (χ0n) is 21.6. The molecule has 0 aliphatic carbocycles. The number of carbonyl (C=O) groups is 1. The van der Waals surface area contributed by atoms with E-state index in [4.69, 9.17) is 11.6 Å². The molecule has 10 nitrogen and oxygen atoms in total. The Morgan fingerprint density at radius 2 is 2.00 bits per heavy atom. The Labute approximate surface area is 222 Å². The third-order valence-corrected chi connectivity index (χ3v) is 6.25. The van der Waals surface area contributed by atoms with Gasteiger partial charge in [0.15, 0.2) is 0 Å². The van der Waals surface area contributed by atoms with E-state index >= 15 is 0 Å². The number of amides is 2. The van der Waals surface area contributed by atoms with Crippen LogP contribution < -0.4 is 27.5 Å². The van der Waals surface area contributed by atoms with Crippen LogP contribution in [0.15, 0.2) is 65.0 Å². The summed E-state index contributed by atoms with van der Waals surface area (Å²) in [5, 5.41) is 22.9. The molecule has 11 heteroatoms. The van der Waals surface area contributed by atoms with E-state index in [0.29, 0.717) is 29.4 Å². The van der Waals surface area contributed by atoms with Crippen LogP contribution in [0.25, 0.3) is 0 Å². The molecule has 2 aromatic carbocycles. The number of hydrazone groups is 1. The number of rotatable bonds is 11. The average molecular weight is 525 g/mol. The first-order valence-electron chi connectivity index (χ1n) is 12.6. The van der Waals surface area contributed by atoms with Gasteiger partial charge in [0.1, 0.15) is 12.0 Å². The molecule has 0 saturated carbocycles. The van der Waals surface area contributed by atoms with E-state index in [0.717, 1.165) is 37.9 Å². The number of aliphatic hydroxyl groups is 1. The number of nitrogens with zero attached hydrogens (tertiary/aromatic N) is 3.